The number of methoxy groups -OCH3 is 1. The largest absolute Gasteiger partial charge is 0.496 e. The molecule has 1 heterocycles. The molecule has 0 aliphatic carbocycles. The van der Waals surface area contributed by atoms with Gasteiger partial charge < -0.3 is 14.5 Å². The van der Waals surface area contributed by atoms with Gasteiger partial charge in [-0.05, 0) is 31.2 Å². The van der Waals surface area contributed by atoms with Crippen molar-refractivity contribution in [2.75, 3.05) is 13.7 Å². The zero-order valence-corrected chi connectivity index (χ0v) is 10.9. The Labute approximate surface area is 106 Å². The average Bonchev–Trinajstić information content (AvgIpc) is 2.85. The molecule has 96 valence electrons. The minimum absolute atomic E-state index is 0.515. The van der Waals surface area contributed by atoms with Gasteiger partial charge >= 0.3 is 0 Å². The lowest BCUT2D eigenvalue weighted by Crippen LogP contribution is -2.11. The topological polar surface area (TPSA) is 60.2 Å². The first-order valence-corrected chi connectivity index (χ1v) is 5.92. The van der Waals surface area contributed by atoms with Crippen LogP contribution in [0.5, 0.6) is 5.75 Å². The van der Waals surface area contributed by atoms with Gasteiger partial charge in [-0.25, -0.2) is 0 Å². The highest BCUT2D eigenvalue weighted by Crippen LogP contribution is 2.25. The van der Waals surface area contributed by atoms with Gasteiger partial charge in [0, 0.05) is 5.56 Å². The van der Waals surface area contributed by atoms with E-state index in [0.29, 0.717) is 18.3 Å². The molecule has 1 aromatic heterocycles. The minimum atomic E-state index is 0.515. The Hall–Kier alpha value is -1.88. The van der Waals surface area contributed by atoms with Crippen molar-refractivity contribution in [2.24, 2.45) is 0 Å². The van der Waals surface area contributed by atoms with E-state index in [4.69, 9.17) is 9.15 Å². The Balaban J connectivity index is 2.23. The fourth-order valence-electron chi connectivity index (χ4n) is 1.63. The highest BCUT2D eigenvalue weighted by Gasteiger charge is 2.10. The maximum Gasteiger partial charge on any atom is 0.247 e. The van der Waals surface area contributed by atoms with Crippen molar-refractivity contribution in [1.82, 2.24) is 15.5 Å². The van der Waals surface area contributed by atoms with Gasteiger partial charge in [0.25, 0.3) is 0 Å². The van der Waals surface area contributed by atoms with Gasteiger partial charge in [-0.3, -0.25) is 0 Å². The first kappa shape index (κ1) is 12.6. The highest BCUT2D eigenvalue weighted by atomic mass is 16.5. The number of hydrogen-bond acceptors (Lipinski definition) is 5. The molecule has 0 atom stereocenters. The maximum absolute atomic E-state index is 5.57. The fourth-order valence-corrected chi connectivity index (χ4v) is 1.63. The number of aryl methyl sites for hydroxylation is 1. The molecule has 2 aromatic rings. The minimum Gasteiger partial charge on any atom is -0.496 e. The van der Waals surface area contributed by atoms with Gasteiger partial charge in [0.05, 0.1) is 13.7 Å². The SMILES string of the molecule is CCNCc1nnc(-c2ccc(C)c(OC)c2)o1. The number of benzene rings is 1. The highest BCUT2D eigenvalue weighted by molar-refractivity contribution is 5.57. The smallest absolute Gasteiger partial charge is 0.247 e. The van der Waals surface area contributed by atoms with Crippen LogP contribution in [0.3, 0.4) is 0 Å². The zero-order valence-electron chi connectivity index (χ0n) is 10.9. The van der Waals surface area contributed by atoms with E-state index in [1.165, 1.54) is 0 Å². The summed E-state index contributed by atoms with van der Waals surface area (Å²) in [4.78, 5) is 0. The van der Waals surface area contributed by atoms with E-state index in [-0.39, 0.29) is 0 Å². The van der Waals surface area contributed by atoms with E-state index >= 15 is 0 Å². The molecule has 0 bridgehead atoms. The van der Waals surface area contributed by atoms with Crippen LogP contribution in [0.2, 0.25) is 0 Å². The molecule has 5 heteroatoms. The Morgan fingerprint density at radius 3 is 2.89 bits per heavy atom. The van der Waals surface area contributed by atoms with Crippen molar-refractivity contribution in [3.8, 4) is 17.2 Å². The molecule has 0 amide bonds. The van der Waals surface area contributed by atoms with Crippen LogP contribution < -0.4 is 10.1 Å². The summed E-state index contributed by atoms with van der Waals surface area (Å²) in [6.07, 6.45) is 0. The van der Waals surface area contributed by atoms with Crippen molar-refractivity contribution >= 4 is 0 Å². The van der Waals surface area contributed by atoms with Gasteiger partial charge in [0.1, 0.15) is 5.75 Å². The number of aromatic nitrogens is 2. The van der Waals surface area contributed by atoms with Crippen molar-refractivity contribution in [2.45, 2.75) is 20.4 Å². The molecule has 0 aliphatic rings. The second kappa shape index (κ2) is 5.64. The average molecular weight is 247 g/mol. The predicted molar refractivity (Wildman–Crippen MR) is 68.4 cm³/mol. The van der Waals surface area contributed by atoms with Gasteiger partial charge in [-0.1, -0.05) is 13.0 Å². The van der Waals surface area contributed by atoms with Crippen LogP contribution in [0.4, 0.5) is 0 Å². The third kappa shape index (κ3) is 2.68. The van der Waals surface area contributed by atoms with Crippen LogP contribution in [0.15, 0.2) is 22.6 Å². The van der Waals surface area contributed by atoms with Crippen molar-refractivity contribution < 1.29 is 9.15 Å². The monoisotopic (exact) mass is 247 g/mol. The zero-order chi connectivity index (χ0) is 13.0. The summed E-state index contributed by atoms with van der Waals surface area (Å²) >= 11 is 0. The number of nitrogens with zero attached hydrogens (tertiary/aromatic N) is 2. The van der Waals surface area contributed by atoms with E-state index in [1.54, 1.807) is 7.11 Å². The third-order valence-electron chi connectivity index (χ3n) is 2.65. The molecule has 0 fully saturated rings. The van der Waals surface area contributed by atoms with E-state index < -0.39 is 0 Å². The van der Waals surface area contributed by atoms with Crippen molar-refractivity contribution in [3.05, 3.63) is 29.7 Å². The quantitative estimate of drug-likeness (QED) is 0.877. The summed E-state index contributed by atoms with van der Waals surface area (Å²) in [6, 6.07) is 5.82. The molecule has 0 saturated carbocycles. The lowest BCUT2D eigenvalue weighted by atomic mass is 10.1. The summed E-state index contributed by atoms with van der Waals surface area (Å²) in [6.45, 7) is 5.48. The molecule has 2 rings (SSSR count). The molecular weight excluding hydrogens is 230 g/mol. The second-order valence-electron chi connectivity index (χ2n) is 3.97. The summed E-state index contributed by atoms with van der Waals surface area (Å²) in [5.74, 6) is 1.92. The molecule has 1 aromatic carbocycles. The Morgan fingerprint density at radius 1 is 1.33 bits per heavy atom. The molecule has 0 unspecified atom stereocenters. The van der Waals surface area contributed by atoms with Crippen LogP contribution in [0.25, 0.3) is 11.5 Å². The summed E-state index contributed by atoms with van der Waals surface area (Å²) in [7, 11) is 1.65. The Bertz CT molecular complexity index is 523. The van der Waals surface area contributed by atoms with E-state index in [9.17, 15) is 0 Å². The number of ether oxygens (including phenoxy) is 1. The van der Waals surface area contributed by atoms with E-state index in [0.717, 1.165) is 23.4 Å². The van der Waals surface area contributed by atoms with Crippen LogP contribution in [0, 0.1) is 6.92 Å². The predicted octanol–water partition coefficient (Wildman–Crippen LogP) is 2.16. The Morgan fingerprint density at radius 2 is 2.17 bits per heavy atom. The molecule has 5 nitrogen and oxygen atoms in total. The van der Waals surface area contributed by atoms with Gasteiger partial charge in [-0.15, -0.1) is 10.2 Å². The fraction of sp³-hybridized carbons (Fsp3) is 0.385. The van der Waals surface area contributed by atoms with Crippen LogP contribution in [-0.2, 0) is 6.54 Å². The van der Waals surface area contributed by atoms with Crippen molar-refractivity contribution in [3.63, 3.8) is 0 Å². The first-order valence-electron chi connectivity index (χ1n) is 5.92. The summed E-state index contributed by atoms with van der Waals surface area (Å²) in [5.41, 5.74) is 1.95. The van der Waals surface area contributed by atoms with Crippen LogP contribution in [0.1, 0.15) is 18.4 Å². The number of hydrogen-bond donors (Lipinski definition) is 1. The lowest BCUT2D eigenvalue weighted by Gasteiger charge is -2.04. The normalized spacial score (nSPS) is 10.6. The molecule has 0 spiro atoms. The molecule has 0 saturated heterocycles. The number of rotatable bonds is 5. The van der Waals surface area contributed by atoms with Crippen LogP contribution in [-0.4, -0.2) is 23.9 Å². The van der Waals surface area contributed by atoms with E-state index in [2.05, 4.69) is 15.5 Å². The van der Waals surface area contributed by atoms with Crippen molar-refractivity contribution in [1.29, 1.82) is 0 Å². The van der Waals surface area contributed by atoms with E-state index in [1.807, 2.05) is 32.0 Å². The number of nitrogens with one attached hydrogen (secondary N) is 1. The second-order valence-corrected chi connectivity index (χ2v) is 3.97. The lowest BCUT2D eigenvalue weighted by molar-refractivity contribution is 0.411. The summed E-state index contributed by atoms with van der Waals surface area (Å²) in [5, 5.41) is 11.2. The first-order chi connectivity index (χ1) is 8.74. The van der Waals surface area contributed by atoms with Gasteiger partial charge in [-0.2, -0.15) is 0 Å². The maximum atomic E-state index is 5.57. The third-order valence-corrected chi connectivity index (χ3v) is 2.65. The molecule has 1 N–H and O–H groups in total. The van der Waals surface area contributed by atoms with Crippen LogP contribution >= 0.6 is 0 Å². The molecule has 0 radical (unpaired) electrons. The van der Waals surface area contributed by atoms with Gasteiger partial charge in [0.2, 0.25) is 11.8 Å². The van der Waals surface area contributed by atoms with Gasteiger partial charge in [0.15, 0.2) is 0 Å². The summed E-state index contributed by atoms with van der Waals surface area (Å²) < 4.78 is 10.8. The molecule has 0 aliphatic heterocycles. The standard InChI is InChI=1S/C13H17N3O2/c1-4-14-8-12-15-16-13(18-12)10-6-5-9(2)11(7-10)17-3/h5-7,14H,4,8H2,1-3H3. The molecular formula is C13H17N3O2. The molecule has 18 heavy (non-hydrogen) atoms. The Kier molecular flexibility index (Phi) is 3.94.